The van der Waals surface area contributed by atoms with Crippen molar-refractivity contribution in [2.75, 3.05) is 12.0 Å². The first-order valence-electron chi connectivity index (χ1n) is 7.59. The highest BCUT2D eigenvalue weighted by Gasteiger charge is 2.40. The van der Waals surface area contributed by atoms with Gasteiger partial charge in [-0.15, -0.1) is 11.8 Å². The summed E-state index contributed by atoms with van der Waals surface area (Å²) >= 11 is 7.11. The first-order chi connectivity index (χ1) is 12.4. The standard InChI is InChI=1S/C18H14ClNO5S/c1-25-13-7-6-10(8-12(13)19)20-16(21)9-15(17(20)22)26-14-5-3-2-4-11(14)18(23)24/h2-8,15H,9H2,1H3,(H,23,24)/p-1/t15-/m0/s1. The fourth-order valence-corrected chi connectivity index (χ4v) is 4.08. The number of methoxy groups -OCH3 is 1. The van der Waals surface area contributed by atoms with Crippen LogP contribution in [0.15, 0.2) is 47.4 Å². The monoisotopic (exact) mass is 390 g/mol. The molecule has 1 fully saturated rings. The summed E-state index contributed by atoms with van der Waals surface area (Å²) in [5, 5.41) is 10.8. The van der Waals surface area contributed by atoms with Crippen LogP contribution in [0, 0.1) is 0 Å². The summed E-state index contributed by atoms with van der Waals surface area (Å²) in [6, 6.07) is 10.9. The number of hydrogen-bond acceptors (Lipinski definition) is 6. The van der Waals surface area contributed by atoms with Crippen LogP contribution in [0.2, 0.25) is 5.02 Å². The predicted molar refractivity (Wildman–Crippen MR) is 95.5 cm³/mol. The molecule has 0 N–H and O–H groups in total. The average molecular weight is 391 g/mol. The Labute approximate surface area is 158 Å². The van der Waals surface area contributed by atoms with E-state index in [1.165, 1.54) is 19.2 Å². The molecular weight excluding hydrogens is 378 g/mol. The molecule has 2 aromatic carbocycles. The molecule has 8 heteroatoms. The number of imide groups is 1. The highest BCUT2D eigenvalue weighted by molar-refractivity contribution is 8.00. The van der Waals surface area contributed by atoms with Gasteiger partial charge in [-0.1, -0.05) is 29.8 Å². The number of thioether (sulfide) groups is 1. The molecule has 0 radical (unpaired) electrons. The van der Waals surface area contributed by atoms with Crippen molar-refractivity contribution in [3.8, 4) is 5.75 Å². The van der Waals surface area contributed by atoms with E-state index < -0.39 is 17.1 Å². The maximum absolute atomic E-state index is 12.7. The first-order valence-corrected chi connectivity index (χ1v) is 8.85. The summed E-state index contributed by atoms with van der Waals surface area (Å²) in [5.41, 5.74) is 0.339. The van der Waals surface area contributed by atoms with Gasteiger partial charge in [0.25, 0.3) is 0 Å². The number of halogens is 1. The van der Waals surface area contributed by atoms with Crippen LogP contribution < -0.4 is 14.7 Å². The van der Waals surface area contributed by atoms with E-state index in [9.17, 15) is 19.5 Å². The third kappa shape index (κ3) is 3.40. The maximum Gasteiger partial charge on any atom is 0.247 e. The summed E-state index contributed by atoms with van der Waals surface area (Å²) in [6.07, 6.45) is -0.0332. The Balaban J connectivity index is 1.86. The minimum absolute atomic E-state index is 0.0105. The summed E-state index contributed by atoms with van der Waals surface area (Å²) in [5.74, 6) is -1.69. The maximum atomic E-state index is 12.7. The largest absolute Gasteiger partial charge is 0.545 e. The van der Waals surface area contributed by atoms with Gasteiger partial charge in [0, 0.05) is 16.9 Å². The van der Waals surface area contributed by atoms with Crippen LogP contribution in [0.5, 0.6) is 5.75 Å². The second-order valence-corrected chi connectivity index (χ2v) is 7.13. The molecule has 1 atom stereocenters. The van der Waals surface area contributed by atoms with Gasteiger partial charge < -0.3 is 14.6 Å². The number of carboxylic acids is 1. The van der Waals surface area contributed by atoms with Crippen molar-refractivity contribution in [1.29, 1.82) is 0 Å². The number of anilines is 1. The molecule has 1 aliphatic heterocycles. The van der Waals surface area contributed by atoms with Crippen LogP contribution in [0.3, 0.4) is 0 Å². The molecular formula is C18H13ClNO5S-. The van der Waals surface area contributed by atoms with Crippen LogP contribution >= 0.6 is 23.4 Å². The number of aromatic carboxylic acids is 1. The van der Waals surface area contributed by atoms with Crippen molar-refractivity contribution in [3.63, 3.8) is 0 Å². The Bertz CT molecular complexity index is 901. The van der Waals surface area contributed by atoms with Crippen molar-refractivity contribution >= 4 is 46.8 Å². The lowest BCUT2D eigenvalue weighted by Gasteiger charge is -2.17. The number of carbonyl (C=O) groups excluding carboxylic acids is 3. The fraction of sp³-hybridized carbons (Fsp3) is 0.167. The molecule has 1 aliphatic rings. The zero-order valence-corrected chi connectivity index (χ0v) is 15.2. The van der Waals surface area contributed by atoms with E-state index in [1.54, 1.807) is 30.3 Å². The van der Waals surface area contributed by atoms with E-state index in [4.69, 9.17) is 16.3 Å². The Morgan fingerprint density at radius 2 is 2.00 bits per heavy atom. The minimum Gasteiger partial charge on any atom is -0.545 e. The first kappa shape index (κ1) is 18.3. The molecule has 2 amide bonds. The van der Waals surface area contributed by atoms with Gasteiger partial charge in [-0.05, 0) is 24.3 Å². The fourth-order valence-electron chi connectivity index (χ4n) is 2.65. The Morgan fingerprint density at radius 1 is 1.27 bits per heavy atom. The van der Waals surface area contributed by atoms with Gasteiger partial charge in [0.15, 0.2) is 0 Å². The molecule has 0 spiro atoms. The molecule has 0 bridgehead atoms. The summed E-state index contributed by atoms with van der Waals surface area (Å²) in [4.78, 5) is 37.7. The van der Waals surface area contributed by atoms with Crippen molar-refractivity contribution in [3.05, 3.63) is 53.1 Å². The second kappa shape index (κ2) is 7.39. The van der Waals surface area contributed by atoms with Gasteiger partial charge in [0.05, 0.1) is 29.0 Å². The number of ether oxygens (including phenoxy) is 1. The van der Waals surface area contributed by atoms with Crippen LogP contribution in [0.1, 0.15) is 16.8 Å². The number of carbonyl (C=O) groups is 3. The second-order valence-electron chi connectivity index (χ2n) is 5.48. The number of hydrogen-bond donors (Lipinski definition) is 0. The summed E-state index contributed by atoms with van der Waals surface area (Å²) in [7, 11) is 1.47. The SMILES string of the molecule is COc1ccc(N2C(=O)C[C@H](Sc3ccccc3C(=O)[O-])C2=O)cc1Cl. The average Bonchev–Trinajstić information content (AvgIpc) is 2.88. The molecule has 0 saturated carbocycles. The van der Waals surface area contributed by atoms with Gasteiger partial charge in [0.2, 0.25) is 11.8 Å². The number of rotatable bonds is 5. The number of carboxylic acid groups (broad SMARTS) is 1. The van der Waals surface area contributed by atoms with E-state index in [-0.39, 0.29) is 22.9 Å². The predicted octanol–water partition coefficient (Wildman–Crippen LogP) is 2.14. The van der Waals surface area contributed by atoms with Crippen molar-refractivity contribution in [1.82, 2.24) is 0 Å². The van der Waals surface area contributed by atoms with Gasteiger partial charge in [-0.3, -0.25) is 9.59 Å². The van der Waals surface area contributed by atoms with Gasteiger partial charge in [-0.25, -0.2) is 4.90 Å². The Kier molecular flexibility index (Phi) is 5.20. The van der Waals surface area contributed by atoms with Gasteiger partial charge in [-0.2, -0.15) is 0 Å². The lowest BCUT2D eigenvalue weighted by molar-refractivity contribution is -0.255. The van der Waals surface area contributed by atoms with E-state index in [0.717, 1.165) is 16.7 Å². The van der Waals surface area contributed by atoms with E-state index in [2.05, 4.69) is 0 Å². The molecule has 0 unspecified atom stereocenters. The quantitative estimate of drug-likeness (QED) is 0.727. The summed E-state index contributed by atoms with van der Waals surface area (Å²) < 4.78 is 5.07. The molecule has 134 valence electrons. The molecule has 1 saturated heterocycles. The van der Waals surface area contributed by atoms with Crippen molar-refractivity contribution in [2.24, 2.45) is 0 Å². The van der Waals surface area contributed by atoms with E-state index in [1.807, 2.05) is 0 Å². The normalized spacial score (nSPS) is 16.8. The molecule has 6 nitrogen and oxygen atoms in total. The van der Waals surface area contributed by atoms with Crippen LogP contribution in [0.25, 0.3) is 0 Å². The van der Waals surface area contributed by atoms with Crippen LogP contribution in [-0.4, -0.2) is 30.1 Å². The molecule has 1 heterocycles. The highest BCUT2D eigenvalue weighted by Crippen LogP contribution is 2.37. The number of amides is 2. The minimum atomic E-state index is -1.33. The lowest BCUT2D eigenvalue weighted by atomic mass is 10.2. The lowest BCUT2D eigenvalue weighted by Crippen LogP contribution is -2.31. The topological polar surface area (TPSA) is 86.7 Å². The van der Waals surface area contributed by atoms with Gasteiger partial charge in [0.1, 0.15) is 5.75 Å². The number of benzene rings is 2. The molecule has 0 aliphatic carbocycles. The molecule has 2 aromatic rings. The molecule has 26 heavy (non-hydrogen) atoms. The van der Waals surface area contributed by atoms with Crippen LogP contribution in [-0.2, 0) is 9.59 Å². The highest BCUT2D eigenvalue weighted by atomic mass is 35.5. The molecule has 3 rings (SSSR count). The Hall–Kier alpha value is -2.51. The van der Waals surface area contributed by atoms with Crippen LogP contribution in [0.4, 0.5) is 5.69 Å². The zero-order valence-electron chi connectivity index (χ0n) is 13.6. The van der Waals surface area contributed by atoms with E-state index >= 15 is 0 Å². The third-order valence-corrected chi connectivity index (χ3v) is 5.43. The smallest absolute Gasteiger partial charge is 0.247 e. The molecule has 0 aromatic heterocycles. The van der Waals surface area contributed by atoms with Gasteiger partial charge >= 0.3 is 0 Å². The van der Waals surface area contributed by atoms with E-state index in [0.29, 0.717) is 16.3 Å². The Morgan fingerprint density at radius 3 is 2.65 bits per heavy atom. The number of nitrogens with zero attached hydrogens (tertiary/aromatic N) is 1. The zero-order chi connectivity index (χ0) is 18.8. The van der Waals surface area contributed by atoms with Crippen molar-refractivity contribution < 1.29 is 24.2 Å². The third-order valence-electron chi connectivity index (χ3n) is 3.88. The summed E-state index contributed by atoms with van der Waals surface area (Å²) in [6.45, 7) is 0. The van der Waals surface area contributed by atoms with Crippen molar-refractivity contribution in [2.45, 2.75) is 16.6 Å².